The van der Waals surface area contributed by atoms with Crippen LogP contribution < -0.4 is 15.8 Å². The number of carbonyl (C=O) groups is 2. The number of hydrogen-bond donors (Lipinski definition) is 2. The van der Waals surface area contributed by atoms with Gasteiger partial charge in [-0.25, -0.2) is 0 Å². The maximum Gasteiger partial charge on any atom is 0.258 e. The monoisotopic (exact) mass is 397 g/mol. The molecule has 0 spiro atoms. The summed E-state index contributed by atoms with van der Waals surface area (Å²) in [6, 6.07) is 14.6. The predicted molar refractivity (Wildman–Crippen MR) is 110 cm³/mol. The van der Waals surface area contributed by atoms with Crippen molar-refractivity contribution in [2.75, 3.05) is 39.5 Å². The number of benzene rings is 2. The van der Waals surface area contributed by atoms with Crippen LogP contribution in [0.5, 0.6) is 5.75 Å². The van der Waals surface area contributed by atoms with Crippen LogP contribution in [0.2, 0.25) is 0 Å². The highest BCUT2D eigenvalue weighted by molar-refractivity contribution is 5.95. The molecule has 2 aromatic rings. The van der Waals surface area contributed by atoms with Gasteiger partial charge in [-0.1, -0.05) is 42.0 Å². The van der Waals surface area contributed by atoms with Gasteiger partial charge in [-0.2, -0.15) is 0 Å². The molecule has 0 radical (unpaired) electrons. The summed E-state index contributed by atoms with van der Waals surface area (Å²) < 4.78 is 11.0. The Hall–Kier alpha value is -2.90. The van der Waals surface area contributed by atoms with Gasteiger partial charge in [-0.3, -0.25) is 14.5 Å². The molecule has 1 saturated heterocycles. The number of morpholine rings is 1. The number of ether oxygens (including phenoxy) is 2. The summed E-state index contributed by atoms with van der Waals surface area (Å²) in [6.07, 6.45) is 0. The van der Waals surface area contributed by atoms with Crippen LogP contribution in [-0.2, 0) is 9.53 Å². The summed E-state index contributed by atoms with van der Waals surface area (Å²) in [7, 11) is 0. The first-order valence-corrected chi connectivity index (χ1v) is 9.70. The zero-order chi connectivity index (χ0) is 20.6. The SMILES string of the molecule is Cc1ccc([C@@H](CN2CCOCC2)NC(=O)COc2ccccc2C(N)=O)cc1. The molecule has 1 aliphatic rings. The number of hydrogen-bond acceptors (Lipinski definition) is 5. The first kappa shape index (κ1) is 20.8. The van der Waals surface area contributed by atoms with E-state index in [1.165, 1.54) is 0 Å². The van der Waals surface area contributed by atoms with Crippen LogP contribution in [0, 0.1) is 6.92 Å². The van der Waals surface area contributed by atoms with E-state index in [9.17, 15) is 9.59 Å². The lowest BCUT2D eigenvalue weighted by atomic mass is 10.0. The van der Waals surface area contributed by atoms with Crippen LogP contribution in [0.25, 0.3) is 0 Å². The Labute approximate surface area is 170 Å². The molecule has 0 aromatic heterocycles. The highest BCUT2D eigenvalue weighted by atomic mass is 16.5. The smallest absolute Gasteiger partial charge is 0.258 e. The fourth-order valence-electron chi connectivity index (χ4n) is 3.25. The van der Waals surface area contributed by atoms with E-state index >= 15 is 0 Å². The second-order valence-corrected chi connectivity index (χ2v) is 7.09. The third-order valence-electron chi connectivity index (χ3n) is 4.87. The Kier molecular flexibility index (Phi) is 7.21. The molecule has 1 fully saturated rings. The molecule has 1 atom stereocenters. The molecule has 0 bridgehead atoms. The Balaban J connectivity index is 1.65. The van der Waals surface area contributed by atoms with Crippen molar-refractivity contribution in [3.05, 3.63) is 65.2 Å². The average Bonchev–Trinajstić information content (AvgIpc) is 2.73. The van der Waals surface area contributed by atoms with Gasteiger partial charge in [-0.05, 0) is 24.6 Å². The van der Waals surface area contributed by atoms with Crippen molar-refractivity contribution in [1.82, 2.24) is 10.2 Å². The summed E-state index contributed by atoms with van der Waals surface area (Å²) in [6.45, 7) is 5.58. The molecule has 0 saturated carbocycles. The molecule has 154 valence electrons. The van der Waals surface area contributed by atoms with E-state index < -0.39 is 5.91 Å². The maximum atomic E-state index is 12.6. The van der Waals surface area contributed by atoms with Crippen molar-refractivity contribution in [1.29, 1.82) is 0 Å². The van der Waals surface area contributed by atoms with Crippen LogP contribution in [0.15, 0.2) is 48.5 Å². The largest absolute Gasteiger partial charge is 0.483 e. The van der Waals surface area contributed by atoms with Crippen molar-refractivity contribution in [2.24, 2.45) is 5.73 Å². The lowest BCUT2D eigenvalue weighted by Gasteiger charge is -2.31. The standard InChI is InChI=1S/C22H27N3O4/c1-16-6-8-17(9-7-16)19(14-25-10-12-28-13-11-25)24-21(26)15-29-20-5-3-2-4-18(20)22(23)27/h2-9,19H,10-15H2,1H3,(H2,23,27)(H,24,26)/t19-/m1/s1. The molecule has 2 amide bonds. The zero-order valence-corrected chi connectivity index (χ0v) is 16.6. The van der Waals surface area contributed by atoms with Gasteiger partial charge in [0.05, 0.1) is 24.8 Å². The second kappa shape index (κ2) is 10.0. The Morgan fingerprint density at radius 1 is 1.14 bits per heavy atom. The molecule has 3 N–H and O–H groups in total. The molecule has 7 nitrogen and oxygen atoms in total. The highest BCUT2D eigenvalue weighted by Gasteiger charge is 2.21. The number of para-hydroxylation sites is 1. The average molecular weight is 397 g/mol. The minimum absolute atomic E-state index is 0.170. The Bertz CT molecular complexity index is 832. The lowest BCUT2D eigenvalue weighted by Crippen LogP contribution is -2.44. The fourth-order valence-corrected chi connectivity index (χ4v) is 3.25. The van der Waals surface area contributed by atoms with Gasteiger partial charge >= 0.3 is 0 Å². The van der Waals surface area contributed by atoms with E-state index in [1.807, 2.05) is 31.2 Å². The first-order chi connectivity index (χ1) is 14.0. The maximum absolute atomic E-state index is 12.6. The predicted octanol–water partition coefficient (Wildman–Crippen LogP) is 1.66. The van der Waals surface area contributed by atoms with E-state index in [2.05, 4.69) is 10.2 Å². The van der Waals surface area contributed by atoms with Crippen molar-refractivity contribution in [2.45, 2.75) is 13.0 Å². The minimum atomic E-state index is -0.592. The number of aryl methyl sites for hydroxylation is 1. The topological polar surface area (TPSA) is 93.9 Å². The Morgan fingerprint density at radius 2 is 1.83 bits per heavy atom. The Morgan fingerprint density at radius 3 is 2.52 bits per heavy atom. The normalized spacial score (nSPS) is 15.5. The van der Waals surface area contributed by atoms with Gasteiger partial charge in [0.25, 0.3) is 11.8 Å². The molecule has 29 heavy (non-hydrogen) atoms. The van der Waals surface area contributed by atoms with Crippen molar-refractivity contribution in [3.8, 4) is 5.75 Å². The number of nitrogens with two attached hydrogens (primary N) is 1. The number of nitrogens with zero attached hydrogens (tertiary/aromatic N) is 1. The van der Waals surface area contributed by atoms with Crippen LogP contribution in [0.3, 0.4) is 0 Å². The van der Waals surface area contributed by atoms with Gasteiger partial charge < -0.3 is 20.5 Å². The van der Waals surface area contributed by atoms with Gasteiger partial charge in [-0.15, -0.1) is 0 Å². The molecule has 3 rings (SSSR count). The molecule has 0 aliphatic carbocycles. The highest BCUT2D eigenvalue weighted by Crippen LogP contribution is 2.18. The third-order valence-corrected chi connectivity index (χ3v) is 4.87. The van der Waals surface area contributed by atoms with E-state index in [0.29, 0.717) is 25.5 Å². The number of carbonyl (C=O) groups excluding carboxylic acids is 2. The van der Waals surface area contributed by atoms with Crippen LogP contribution in [-0.4, -0.2) is 56.2 Å². The number of nitrogens with one attached hydrogen (secondary N) is 1. The van der Waals surface area contributed by atoms with Crippen LogP contribution >= 0.6 is 0 Å². The van der Waals surface area contributed by atoms with Crippen molar-refractivity contribution < 1.29 is 19.1 Å². The minimum Gasteiger partial charge on any atom is -0.483 e. The molecule has 1 aliphatic heterocycles. The zero-order valence-electron chi connectivity index (χ0n) is 16.6. The fraction of sp³-hybridized carbons (Fsp3) is 0.364. The number of rotatable bonds is 8. The molecular formula is C22H27N3O4. The summed E-state index contributed by atoms with van der Waals surface area (Å²) in [5.74, 6) is -0.552. The molecule has 1 heterocycles. The lowest BCUT2D eigenvalue weighted by molar-refractivity contribution is -0.124. The van der Waals surface area contributed by atoms with E-state index in [0.717, 1.165) is 24.2 Å². The van der Waals surface area contributed by atoms with E-state index in [4.69, 9.17) is 15.2 Å². The summed E-state index contributed by atoms with van der Waals surface area (Å²) in [5, 5.41) is 3.06. The molecule has 0 unspecified atom stereocenters. The quantitative estimate of drug-likeness (QED) is 0.707. The number of amides is 2. The summed E-state index contributed by atoms with van der Waals surface area (Å²) in [4.78, 5) is 26.4. The third kappa shape index (κ3) is 6.04. The summed E-state index contributed by atoms with van der Waals surface area (Å²) >= 11 is 0. The van der Waals surface area contributed by atoms with Gasteiger partial charge in [0.2, 0.25) is 0 Å². The number of primary amides is 1. The van der Waals surface area contributed by atoms with Crippen molar-refractivity contribution >= 4 is 11.8 Å². The van der Waals surface area contributed by atoms with Crippen LogP contribution in [0.4, 0.5) is 0 Å². The van der Waals surface area contributed by atoms with Gasteiger partial charge in [0.1, 0.15) is 5.75 Å². The summed E-state index contributed by atoms with van der Waals surface area (Å²) in [5.41, 5.74) is 7.81. The van der Waals surface area contributed by atoms with Gasteiger partial charge in [0, 0.05) is 19.6 Å². The second-order valence-electron chi connectivity index (χ2n) is 7.09. The van der Waals surface area contributed by atoms with E-state index in [-0.39, 0.29) is 24.1 Å². The molecule has 7 heteroatoms. The van der Waals surface area contributed by atoms with Crippen LogP contribution in [0.1, 0.15) is 27.5 Å². The molecule has 2 aromatic carbocycles. The van der Waals surface area contributed by atoms with E-state index in [1.54, 1.807) is 24.3 Å². The molecular weight excluding hydrogens is 370 g/mol. The first-order valence-electron chi connectivity index (χ1n) is 9.70. The van der Waals surface area contributed by atoms with Crippen molar-refractivity contribution in [3.63, 3.8) is 0 Å². The van der Waals surface area contributed by atoms with Gasteiger partial charge in [0.15, 0.2) is 6.61 Å².